The van der Waals surface area contributed by atoms with Gasteiger partial charge in [-0.05, 0) is 44.9 Å². The number of fused-ring (bicyclic) bond motifs is 1. The summed E-state index contributed by atoms with van der Waals surface area (Å²) < 4.78 is 37.4. The number of nitrogens with zero attached hydrogens (tertiary/aromatic N) is 6. The number of imidazole rings is 1. The van der Waals surface area contributed by atoms with Gasteiger partial charge in [0.15, 0.2) is 5.82 Å². The lowest BCUT2D eigenvalue weighted by Gasteiger charge is -2.40. The van der Waals surface area contributed by atoms with E-state index in [-0.39, 0.29) is 31.7 Å². The summed E-state index contributed by atoms with van der Waals surface area (Å²) >= 11 is 0. The van der Waals surface area contributed by atoms with Crippen molar-refractivity contribution in [2.45, 2.75) is 56.8 Å². The molecular formula is C24H24F2N6O3. The molecule has 1 spiro atoms. The molecule has 5 rings (SSSR count). The van der Waals surface area contributed by atoms with Gasteiger partial charge in [0.2, 0.25) is 0 Å². The van der Waals surface area contributed by atoms with E-state index in [2.05, 4.69) is 21.0 Å². The monoisotopic (exact) mass is 482 g/mol. The number of carbonyl (C=O) groups is 1. The molecule has 1 saturated carbocycles. The number of aliphatic hydroxyl groups is 1. The van der Waals surface area contributed by atoms with Crippen molar-refractivity contribution in [1.82, 2.24) is 19.5 Å². The Kier molecular flexibility index (Phi) is 5.25. The lowest BCUT2D eigenvalue weighted by molar-refractivity contribution is -0.139. The first-order valence-electron chi connectivity index (χ1n) is 11.3. The molecule has 1 aliphatic heterocycles. The third-order valence-electron chi connectivity index (χ3n) is 6.81. The summed E-state index contributed by atoms with van der Waals surface area (Å²) in [5.74, 6) is -3.82. The molecule has 35 heavy (non-hydrogen) atoms. The van der Waals surface area contributed by atoms with Crippen LogP contribution in [0.1, 0.15) is 44.4 Å². The quantitative estimate of drug-likeness (QED) is 0.602. The van der Waals surface area contributed by atoms with Crippen LogP contribution in [0.3, 0.4) is 0 Å². The molecule has 2 atom stereocenters. The number of benzene rings is 1. The molecule has 1 aromatic carbocycles. The number of ether oxygens (including phenoxy) is 1. The van der Waals surface area contributed by atoms with Crippen LogP contribution in [-0.4, -0.2) is 48.8 Å². The second-order valence-corrected chi connectivity index (χ2v) is 9.83. The Hall–Kier alpha value is -3.65. The minimum absolute atomic E-state index is 0.0250. The normalized spacial score (nSPS) is 24.1. The lowest BCUT2D eigenvalue weighted by Crippen LogP contribution is -2.48. The topological polar surface area (TPSA) is 117 Å². The van der Waals surface area contributed by atoms with E-state index >= 15 is 8.78 Å². The maximum Gasteiger partial charge on any atom is 0.416 e. The fourth-order valence-corrected chi connectivity index (χ4v) is 4.82. The van der Waals surface area contributed by atoms with Crippen LogP contribution in [-0.2, 0) is 16.9 Å². The third kappa shape index (κ3) is 4.18. The number of aromatic nitrogens is 4. The van der Waals surface area contributed by atoms with Crippen LogP contribution in [0.15, 0.2) is 36.9 Å². The Morgan fingerprint density at radius 3 is 2.74 bits per heavy atom. The van der Waals surface area contributed by atoms with Crippen LogP contribution in [0, 0.1) is 17.2 Å². The van der Waals surface area contributed by atoms with Crippen LogP contribution in [0.5, 0.6) is 0 Å². The van der Waals surface area contributed by atoms with Gasteiger partial charge in [-0.3, -0.25) is 9.88 Å². The van der Waals surface area contributed by atoms with Crippen LogP contribution in [0.25, 0.3) is 11.0 Å². The first-order valence-corrected chi connectivity index (χ1v) is 11.3. The van der Waals surface area contributed by atoms with Crippen molar-refractivity contribution >= 4 is 22.9 Å². The highest BCUT2D eigenvalue weighted by molar-refractivity contribution is 5.89. The van der Waals surface area contributed by atoms with Crippen molar-refractivity contribution in [2.24, 2.45) is 5.92 Å². The van der Waals surface area contributed by atoms with E-state index in [1.807, 2.05) is 0 Å². The molecule has 2 aromatic heterocycles. The molecule has 3 aromatic rings. The average molecular weight is 482 g/mol. The van der Waals surface area contributed by atoms with Crippen LogP contribution in [0.2, 0.25) is 0 Å². The summed E-state index contributed by atoms with van der Waals surface area (Å²) in [7, 11) is 0. The molecule has 2 fully saturated rings. The zero-order chi connectivity index (χ0) is 25.0. The SMILES string of the molecule is CC(C)(O)c1cnc(N2C[C@@]3(CCC(F)(F)[C@H](Cn4cnc5ccc(C#N)cc54)C3)OC2=O)cn1. The van der Waals surface area contributed by atoms with Crippen molar-refractivity contribution in [2.75, 3.05) is 11.4 Å². The molecule has 1 aliphatic carbocycles. The number of halogens is 2. The third-order valence-corrected chi connectivity index (χ3v) is 6.81. The Morgan fingerprint density at radius 2 is 2.06 bits per heavy atom. The highest BCUT2D eigenvalue weighted by atomic mass is 19.3. The van der Waals surface area contributed by atoms with Crippen molar-refractivity contribution in [1.29, 1.82) is 5.26 Å². The molecule has 0 unspecified atom stereocenters. The van der Waals surface area contributed by atoms with Gasteiger partial charge in [-0.1, -0.05) is 0 Å². The summed E-state index contributed by atoms with van der Waals surface area (Å²) in [6.07, 6.45) is 3.16. The van der Waals surface area contributed by atoms with E-state index in [0.717, 1.165) is 0 Å². The maximum absolute atomic E-state index is 15.0. The zero-order valence-electron chi connectivity index (χ0n) is 19.3. The fraction of sp³-hybridized carbons (Fsp3) is 0.458. The minimum atomic E-state index is -2.96. The largest absolute Gasteiger partial charge is 0.441 e. The van der Waals surface area contributed by atoms with E-state index in [4.69, 9.17) is 4.74 Å². The standard InChI is InChI=1S/C24H24F2N6O3/c1-22(2,34)19-10-29-20(11-28-19)32-13-23(35-21(32)33)5-6-24(25,26)16(8-23)12-31-14-30-17-4-3-15(9-27)7-18(17)31/h3-4,7,10-11,14,16,34H,5-6,8,12-13H2,1-2H3/t16-,23-/m0/s1. The first kappa shape index (κ1) is 23.1. The summed E-state index contributed by atoms with van der Waals surface area (Å²) in [4.78, 5) is 26.7. The summed E-state index contributed by atoms with van der Waals surface area (Å²) in [6.45, 7) is 3.20. The van der Waals surface area contributed by atoms with Crippen molar-refractivity contribution in [3.05, 3.63) is 48.2 Å². The molecule has 1 saturated heterocycles. The molecule has 0 radical (unpaired) electrons. The van der Waals surface area contributed by atoms with E-state index in [0.29, 0.717) is 22.3 Å². The van der Waals surface area contributed by atoms with Crippen molar-refractivity contribution < 1.29 is 23.4 Å². The minimum Gasteiger partial charge on any atom is -0.441 e. The zero-order valence-corrected chi connectivity index (χ0v) is 19.3. The predicted molar refractivity (Wildman–Crippen MR) is 121 cm³/mol. The highest BCUT2D eigenvalue weighted by Gasteiger charge is 2.56. The van der Waals surface area contributed by atoms with Crippen molar-refractivity contribution in [3.63, 3.8) is 0 Å². The van der Waals surface area contributed by atoms with E-state index in [1.54, 1.807) is 36.6 Å². The number of rotatable bonds is 4. The van der Waals surface area contributed by atoms with Crippen LogP contribution < -0.4 is 4.90 Å². The highest BCUT2D eigenvalue weighted by Crippen LogP contribution is 2.48. The molecule has 11 heteroatoms. The van der Waals surface area contributed by atoms with E-state index < -0.39 is 35.6 Å². The Bertz CT molecular complexity index is 1330. The van der Waals surface area contributed by atoms with Gasteiger partial charge in [-0.15, -0.1) is 0 Å². The van der Waals surface area contributed by atoms with Crippen LogP contribution >= 0.6 is 0 Å². The Balaban J connectivity index is 1.38. The van der Waals surface area contributed by atoms with Gasteiger partial charge in [0.25, 0.3) is 5.92 Å². The molecule has 3 heterocycles. The Labute approximate surface area is 200 Å². The number of amides is 1. The van der Waals surface area contributed by atoms with Gasteiger partial charge in [0.05, 0.1) is 53.6 Å². The number of hydrogen-bond donors (Lipinski definition) is 1. The fourth-order valence-electron chi connectivity index (χ4n) is 4.82. The van der Waals surface area contributed by atoms with Gasteiger partial charge in [0, 0.05) is 18.9 Å². The van der Waals surface area contributed by atoms with E-state index in [9.17, 15) is 15.2 Å². The predicted octanol–water partition coefficient (Wildman–Crippen LogP) is 3.76. The molecule has 9 nitrogen and oxygen atoms in total. The van der Waals surface area contributed by atoms with Gasteiger partial charge in [-0.2, -0.15) is 5.26 Å². The average Bonchev–Trinajstić information content (AvgIpc) is 3.36. The number of carbonyl (C=O) groups excluding carboxylic acids is 1. The number of anilines is 1. The molecule has 1 N–H and O–H groups in total. The molecule has 1 amide bonds. The molecule has 182 valence electrons. The number of hydrogen-bond acceptors (Lipinski definition) is 7. The summed E-state index contributed by atoms with van der Waals surface area (Å²) in [5.41, 5.74) is -0.285. The van der Waals surface area contributed by atoms with Crippen molar-refractivity contribution in [3.8, 4) is 6.07 Å². The molecule has 0 bridgehead atoms. The van der Waals surface area contributed by atoms with Crippen LogP contribution in [0.4, 0.5) is 19.4 Å². The molecular weight excluding hydrogens is 458 g/mol. The van der Waals surface area contributed by atoms with Gasteiger partial charge >= 0.3 is 6.09 Å². The summed E-state index contributed by atoms with van der Waals surface area (Å²) in [6, 6.07) is 7.01. The maximum atomic E-state index is 15.0. The second kappa shape index (κ2) is 7.95. The van der Waals surface area contributed by atoms with E-state index in [1.165, 1.54) is 23.6 Å². The smallest absolute Gasteiger partial charge is 0.416 e. The van der Waals surface area contributed by atoms with Gasteiger partial charge < -0.3 is 14.4 Å². The second-order valence-electron chi connectivity index (χ2n) is 9.83. The number of alkyl halides is 2. The Morgan fingerprint density at radius 1 is 1.26 bits per heavy atom. The number of nitriles is 1. The van der Waals surface area contributed by atoms with Gasteiger partial charge in [-0.25, -0.2) is 23.5 Å². The van der Waals surface area contributed by atoms with Gasteiger partial charge in [0.1, 0.15) is 11.2 Å². The lowest BCUT2D eigenvalue weighted by atomic mass is 9.75. The molecule has 2 aliphatic rings. The summed E-state index contributed by atoms with van der Waals surface area (Å²) in [5, 5.41) is 19.3. The first-order chi connectivity index (χ1) is 16.5.